The zero-order valence-corrected chi connectivity index (χ0v) is 6.01. The number of hydrogen-bond acceptors (Lipinski definition) is 2. The van der Waals surface area contributed by atoms with E-state index in [-0.39, 0.29) is 11.3 Å². The van der Waals surface area contributed by atoms with Crippen molar-refractivity contribution >= 4 is 5.97 Å². The first kappa shape index (κ1) is 8.75. The van der Waals surface area contributed by atoms with Gasteiger partial charge < -0.3 is 4.74 Å². The van der Waals surface area contributed by atoms with Crippen LogP contribution in [0, 0.1) is 0 Å². The fourth-order valence-corrected chi connectivity index (χ4v) is 0.257. The second-order valence-electron chi connectivity index (χ2n) is 1.90. The van der Waals surface area contributed by atoms with Crippen molar-refractivity contribution in [1.82, 2.24) is 0 Å². The Morgan fingerprint density at radius 1 is 1.50 bits per heavy atom. The zero-order valence-electron chi connectivity index (χ0n) is 6.01. The molecule has 0 heterocycles. The summed E-state index contributed by atoms with van der Waals surface area (Å²) in [6, 6.07) is 0. The molecule has 3 nitrogen and oxygen atoms in total. The Bertz CT molecular complexity index is 179. The third-order valence-electron chi connectivity index (χ3n) is 0.768. The quantitative estimate of drug-likeness (QED) is 0.331. The molecule has 10 heavy (non-hydrogen) atoms. The van der Waals surface area contributed by atoms with Gasteiger partial charge in [0.05, 0.1) is 0 Å². The van der Waals surface area contributed by atoms with Crippen LogP contribution in [0.3, 0.4) is 0 Å². The van der Waals surface area contributed by atoms with E-state index in [1.807, 2.05) is 0 Å². The number of hydrogen-bond donors (Lipinski definition) is 0. The van der Waals surface area contributed by atoms with Crippen LogP contribution in [0.5, 0.6) is 0 Å². The summed E-state index contributed by atoms with van der Waals surface area (Å²) in [5, 5.41) is 9.92. The lowest BCUT2D eigenvalue weighted by Gasteiger charge is -1.99. The highest BCUT2D eigenvalue weighted by molar-refractivity contribution is 5.87. The summed E-state index contributed by atoms with van der Waals surface area (Å²) in [6.45, 7) is 6.26. The third-order valence-corrected chi connectivity index (χ3v) is 0.768. The van der Waals surface area contributed by atoms with Crippen LogP contribution in [0.4, 0.5) is 0 Å². The predicted molar refractivity (Wildman–Crippen MR) is 35.3 cm³/mol. The molecule has 0 aliphatic heterocycles. The molecule has 0 saturated carbocycles. The van der Waals surface area contributed by atoms with Gasteiger partial charge >= 0.3 is 5.97 Å². The van der Waals surface area contributed by atoms with E-state index in [4.69, 9.17) is 0 Å². The van der Waals surface area contributed by atoms with E-state index in [1.54, 1.807) is 0 Å². The molecule has 0 aromatic rings. The monoisotopic (exact) mass is 141 g/mol. The van der Waals surface area contributed by atoms with Gasteiger partial charge in [0.25, 0.3) is 0 Å². The van der Waals surface area contributed by atoms with Crippen molar-refractivity contribution in [2.75, 3.05) is 0 Å². The Morgan fingerprint density at radius 2 is 2.00 bits per heavy atom. The molecule has 0 fully saturated rings. The summed E-state index contributed by atoms with van der Waals surface area (Å²) in [7, 11) is 0. The molecule has 0 aliphatic carbocycles. The van der Waals surface area contributed by atoms with E-state index in [0.717, 1.165) is 0 Å². The van der Waals surface area contributed by atoms with Gasteiger partial charge in [0.1, 0.15) is 5.76 Å². The van der Waals surface area contributed by atoms with Gasteiger partial charge in [-0.1, -0.05) is 6.58 Å². The van der Waals surface area contributed by atoms with E-state index in [9.17, 15) is 9.90 Å². The minimum Gasteiger partial charge on any atom is -0.425 e. The molecule has 0 aromatic heterocycles. The zero-order chi connectivity index (χ0) is 8.15. The second kappa shape index (κ2) is 3.71. The lowest BCUT2D eigenvalue weighted by Crippen LogP contribution is -2.02. The van der Waals surface area contributed by atoms with Crippen molar-refractivity contribution in [1.29, 1.82) is 0 Å². The number of esters is 1. The molecule has 0 N–H and O–H groups in total. The van der Waals surface area contributed by atoms with Crippen LogP contribution >= 0.6 is 0 Å². The molecule has 0 spiro atoms. The van der Waals surface area contributed by atoms with E-state index >= 15 is 0 Å². The van der Waals surface area contributed by atoms with Crippen molar-refractivity contribution in [3.8, 4) is 0 Å². The summed E-state index contributed by atoms with van der Waals surface area (Å²) < 4.78 is 4.47. The standard InChI is InChI=1S/C7H9O3/c1-5(2)7(9)10-6(3)4-8/h4H,1H2,2-3H3. The Hall–Kier alpha value is -1.25. The topological polar surface area (TPSA) is 46.2 Å². The minimum atomic E-state index is -0.565. The molecule has 0 bridgehead atoms. The molecule has 3 heteroatoms. The van der Waals surface area contributed by atoms with Gasteiger partial charge in [-0.25, -0.2) is 4.79 Å². The number of allylic oxidation sites excluding steroid dienone is 1. The maximum atomic E-state index is 10.6. The molecule has 55 valence electrons. The fraction of sp³-hybridized carbons (Fsp3) is 0.286. The Kier molecular flexibility index (Phi) is 3.25. The van der Waals surface area contributed by atoms with E-state index in [2.05, 4.69) is 11.3 Å². The van der Waals surface area contributed by atoms with Gasteiger partial charge in [-0.2, -0.15) is 0 Å². The van der Waals surface area contributed by atoms with Crippen LogP contribution in [0.25, 0.3) is 0 Å². The van der Waals surface area contributed by atoms with Crippen molar-refractivity contribution in [3.63, 3.8) is 0 Å². The summed E-state index contributed by atoms with van der Waals surface area (Å²) in [4.78, 5) is 10.6. The van der Waals surface area contributed by atoms with Crippen molar-refractivity contribution in [2.24, 2.45) is 0 Å². The Morgan fingerprint density at radius 3 is 2.30 bits per heavy atom. The van der Waals surface area contributed by atoms with Crippen LogP contribution in [-0.2, 0) is 14.6 Å². The van der Waals surface area contributed by atoms with Gasteiger partial charge in [-0.15, -0.1) is 0 Å². The van der Waals surface area contributed by atoms with E-state index in [1.165, 1.54) is 13.8 Å². The molecule has 0 amide bonds. The van der Waals surface area contributed by atoms with Crippen molar-refractivity contribution in [2.45, 2.75) is 13.8 Å². The van der Waals surface area contributed by atoms with Gasteiger partial charge in [0.2, 0.25) is 0 Å². The summed E-state index contributed by atoms with van der Waals surface area (Å²) in [6.07, 6.45) is 0.473. The Balaban J connectivity index is 3.93. The molecule has 0 aromatic carbocycles. The number of rotatable bonds is 2. The first-order valence-electron chi connectivity index (χ1n) is 2.74. The van der Waals surface area contributed by atoms with Crippen LogP contribution < -0.4 is 0 Å². The lowest BCUT2D eigenvalue weighted by molar-refractivity contribution is -0.135. The molecule has 0 aliphatic rings. The van der Waals surface area contributed by atoms with Crippen LogP contribution in [-0.4, -0.2) is 5.97 Å². The molecule has 0 saturated heterocycles. The smallest absolute Gasteiger partial charge is 0.338 e. The van der Waals surface area contributed by atoms with Crippen LogP contribution in [0.2, 0.25) is 0 Å². The van der Waals surface area contributed by atoms with Gasteiger partial charge in [-0.05, 0) is 13.8 Å². The van der Waals surface area contributed by atoms with Gasteiger partial charge in [0.15, 0.2) is 6.26 Å². The minimum absolute atomic E-state index is 0.0491. The number of carbonyl (C=O) groups is 1. The van der Waals surface area contributed by atoms with Gasteiger partial charge in [-0.3, -0.25) is 5.11 Å². The average molecular weight is 141 g/mol. The lowest BCUT2D eigenvalue weighted by atomic mass is 10.4. The number of ether oxygens (including phenoxy) is 1. The highest BCUT2D eigenvalue weighted by Crippen LogP contribution is 1.99. The average Bonchev–Trinajstić information content (AvgIpc) is 1.87. The molecule has 0 rings (SSSR count). The highest BCUT2D eigenvalue weighted by atomic mass is 16.5. The fourth-order valence-electron chi connectivity index (χ4n) is 0.257. The predicted octanol–water partition coefficient (Wildman–Crippen LogP) is 1.40. The van der Waals surface area contributed by atoms with Crippen molar-refractivity contribution in [3.05, 3.63) is 24.2 Å². The van der Waals surface area contributed by atoms with Crippen LogP contribution in [0.1, 0.15) is 13.8 Å². The molecule has 0 atom stereocenters. The summed E-state index contributed by atoms with van der Waals surface area (Å²) in [5.41, 5.74) is 0.279. The van der Waals surface area contributed by atoms with Crippen molar-refractivity contribution < 1.29 is 14.6 Å². The first-order chi connectivity index (χ1) is 4.57. The summed E-state index contributed by atoms with van der Waals surface area (Å²) in [5.74, 6) is -0.516. The Labute approximate surface area is 59.6 Å². The van der Waals surface area contributed by atoms with Crippen LogP contribution in [0.15, 0.2) is 24.2 Å². The third kappa shape index (κ3) is 2.91. The molecular weight excluding hydrogens is 132 g/mol. The SMILES string of the molecule is C=C(C)C(=O)OC(C)=C[O]. The largest absolute Gasteiger partial charge is 0.425 e. The highest BCUT2D eigenvalue weighted by Gasteiger charge is 2.03. The maximum absolute atomic E-state index is 10.6. The molecular formula is C7H9O3. The van der Waals surface area contributed by atoms with E-state index in [0.29, 0.717) is 6.26 Å². The second-order valence-corrected chi connectivity index (χ2v) is 1.90. The van der Waals surface area contributed by atoms with Gasteiger partial charge in [0, 0.05) is 5.57 Å². The number of carbonyl (C=O) groups excluding carboxylic acids is 1. The maximum Gasteiger partial charge on any atom is 0.338 e. The molecule has 0 unspecified atom stereocenters. The normalized spacial score (nSPS) is 10.8. The summed E-state index contributed by atoms with van der Waals surface area (Å²) >= 11 is 0. The molecule has 1 radical (unpaired) electrons. The van der Waals surface area contributed by atoms with E-state index < -0.39 is 5.97 Å². The first-order valence-corrected chi connectivity index (χ1v) is 2.74.